The fourth-order valence-electron chi connectivity index (χ4n) is 4.06. The van der Waals surface area contributed by atoms with Crippen molar-refractivity contribution >= 4 is 44.5 Å². The van der Waals surface area contributed by atoms with Gasteiger partial charge in [0.1, 0.15) is 23.4 Å². The number of rotatable bonds is 6. The number of halogens is 1. The third kappa shape index (κ3) is 4.81. The molecule has 0 bridgehead atoms. The van der Waals surface area contributed by atoms with Crippen LogP contribution < -0.4 is 14.5 Å². The molecular formula is C24H26BrN2O5+. The van der Waals surface area contributed by atoms with Gasteiger partial charge in [-0.15, -0.1) is 0 Å². The van der Waals surface area contributed by atoms with Gasteiger partial charge in [-0.25, -0.2) is 4.79 Å². The highest BCUT2D eigenvalue weighted by Crippen LogP contribution is 2.35. The van der Waals surface area contributed by atoms with Gasteiger partial charge in [0, 0.05) is 18.0 Å². The molecule has 4 rings (SSSR count). The standard InChI is InChI=1S/C24H25BrN2O5/c1-3-30-24(29)23-18-13-21(31-16(2)28)19(25)14-20(18)32-22(23)15-26-9-11-27(12-10-26)17-7-5-4-6-8-17/h4-8,13-14H,3,9-12,15H2,1-2H3/p+1. The summed E-state index contributed by atoms with van der Waals surface area (Å²) < 4.78 is 17.3. The highest BCUT2D eigenvalue weighted by atomic mass is 79.9. The van der Waals surface area contributed by atoms with Crippen molar-refractivity contribution in [2.24, 2.45) is 0 Å². The molecule has 0 unspecified atom stereocenters. The molecule has 0 aliphatic carbocycles. The van der Waals surface area contributed by atoms with Gasteiger partial charge in [-0.2, -0.15) is 0 Å². The zero-order valence-electron chi connectivity index (χ0n) is 18.2. The zero-order chi connectivity index (χ0) is 22.7. The lowest BCUT2D eigenvalue weighted by Crippen LogP contribution is -3.13. The molecule has 1 fully saturated rings. The van der Waals surface area contributed by atoms with Gasteiger partial charge in [-0.3, -0.25) is 4.79 Å². The molecule has 0 saturated carbocycles. The Hall–Kier alpha value is -2.84. The number of anilines is 1. The summed E-state index contributed by atoms with van der Waals surface area (Å²) in [5.74, 6) is 0.0621. The number of fused-ring (bicyclic) bond motifs is 1. The first-order chi connectivity index (χ1) is 15.5. The lowest BCUT2D eigenvalue weighted by molar-refractivity contribution is -0.915. The van der Waals surface area contributed by atoms with Crippen molar-refractivity contribution in [2.45, 2.75) is 20.4 Å². The highest BCUT2D eigenvalue weighted by Gasteiger charge is 2.28. The second-order valence-electron chi connectivity index (χ2n) is 7.74. The fraction of sp³-hybridized carbons (Fsp3) is 0.333. The quantitative estimate of drug-likeness (QED) is 0.413. The number of para-hydroxylation sites is 1. The predicted octanol–water partition coefficient (Wildman–Crippen LogP) is 3.20. The molecule has 0 spiro atoms. The lowest BCUT2D eigenvalue weighted by atomic mass is 10.1. The molecular weight excluding hydrogens is 476 g/mol. The Kier molecular flexibility index (Phi) is 6.81. The van der Waals surface area contributed by atoms with Gasteiger partial charge in [-0.05, 0) is 47.1 Å². The van der Waals surface area contributed by atoms with Crippen molar-refractivity contribution in [1.82, 2.24) is 0 Å². The van der Waals surface area contributed by atoms with Crippen LogP contribution in [-0.4, -0.2) is 44.7 Å². The largest absolute Gasteiger partial charge is 0.462 e. The summed E-state index contributed by atoms with van der Waals surface area (Å²) in [5, 5.41) is 0.584. The second kappa shape index (κ2) is 9.75. The number of nitrogens with one attached hydrogen (secondary N) is 1. The van der Waals surface area contributed by atoms with E-state index in [-0.39, 0.29) is 6.61 Å². The molecule has 2 aromatic carbocycles. The van der Waals surface area contributed by atoms with Crippen LogP contribution in [0.15, 0.2) is 51.4 Å². The maximum atomic E-state index is 12.8. The molecule has 168 valence electrons. The topological polar surface area (TPSA) is 73.4 Å². The Morgan fingerprint density at radius 2 is 1.88 bits per heavy atom. The number of esters is 2. The minimum absolute atomic E-state index is 0.265. The van der Waals surface area contributed by atoms with Crippen LogP contribution in [-0.2, 0) is 16.1 Å². The normalized spacial score (nSPS) is 14.5. The summed E-state index contributed by atoms with van der Waals surface area (Å²) in [7, 11) is 0. The number of hydrogen-bond acceptors (Lipinski definition) is 6. The van der Waals surface area contributed by atoms with Crippen LogP contribution in [0.25, 0.3) is 11.0 Å². The molecule has 0 atom stereocenters. The monoisotopic (exact) mass is 501 g/mol. The van der Waals surface area contributed by atoms with Crippen molar-refractivity contribution in [3.63, 3.8) is 0 Å². The van der Waals surface area contributed by atoms with Gasteiger partial charge in [0.2, 0.25) is 0 Å². The van der Waals surface area contributed by atoms with Crippen molar-refractivity contribution in [1.29, 1.82) is 0 Å². The molecule has 1 aliphatic heterocycles. The average molecular weight is 502 g/mol. The maximum absolute atomic E-state index is 12.8. The first kappa shape index (κ1) is 22.4. The van der Waals surface area contributed by atoms with E-state index in [1.807, 2.05) is 6.07 Å². The Labute approximate surface area is 195 Å². The van der Waals surface area contributed by atoms with Crippen molar-refractivity contribution in [3.8, 4) is 5.75 Å². The number of quaternary nitrogens is 1. The number of furan rings is 1. The fourth-order valence-corrected chi connectivity index (χ4v) is 4.46. The molecule has 2 heterocycles. The van der Waals surface area contributed by atoms with Crippen molar-refractivity contribution in [3.05, 3.63) is 58.3 Å². The van der Waals surface area contributed by atoms with Crippen LogP contribution in [0.2, 0.25) is 0 Å². The summed E-state index contributed by atoms with van der Waals surface area (Å²) in [6.45, 7) is 7.66. The van der Waals surface area contributed by atoms with Gasteiger partial charge in [0.25, 0.3) is 0 Å². The van der Waals surface area contributed by atoms with Crippen LogP contribution >= 0.6 is 15.9 Å². The third-order valence-corrected chi connectivity index (χ3v) is 6.17. The molecule has 1 N–H and O–H groups in total. The van der Waals surface area contributed by atoms with E-state index in [2.05, 4.69) is 45.1 Å². The number of nitrogens with zero attached hydrogens (tertiary/aromatic N) is 1. The number of hydrogen-bond donors (Lipinski definition) is 1. The zero-order valence-corrected chi connectivity index (χ0v) is 19.7. The van der Waals surface area contributed by atoms with Crippen LogP contribution in [0.4, 0.5) is 5.69 Å². The Bertz CT molecular complexity index is 1120. The molecule has 1 saturated heterocycles. The van der Waals surface area contributed by atoms with Crippen LogP contribution in [0.5, 0.6) is 5.75 Å². The summed E-state index contributed by atoms with van der Waals surface area (Å²) >= 11 is 3.41. The average Bonchev–Trinajstić information content (AvgIpc) is 3.11. The molecule has 7 nitrogen and oxygen atoms in total. The molecule has 0 amide bonds. The number of benzene rings is 2. The van der Waals surface area contributed by atoms with Crippen molar-refractivity contribution < 1.29 is 28.4 Å². The number of piperazine rings is 1. The maximum Gasteiger partial charge on any atom is 0.342 e. The summed E-state index contributed by atoms with van der Waals surface area (Å²) in [4.78, 5) is 28.0. The summed E-state index contributed by atoms with van der Waals surface area (Å²) in [6, 6.07) is 13.8. The molecule has 8 heteroatoms. The molecule has 0 radical (unpaired) electrons. The van der Waals surface area contributed by atoms with E-state index in [1.54, 1.807) is 19.1 Å². The number of carbonyl (C=O) groups excluding carboxylic acids is 2. The van der Waals surface area contributed by atoms with Gasteiger partial charge in [0.05, 0.1) is 37.3 Å². The number of carbonyl (C=O) groups is 2. The van der Waals surface area contributed by atoms with E-state index in [0.29, 0.717) is 39.1 Å². The molecule has 3 aromatic rings. The van der Waals surface area contributed by atoms with E-state index in [0.717, 1.165) is 26.2 Å². The third-order valence-electron chi connectivity index (χ3n) is 5.55. The molecule has 1 aliphatic rings. The highest BCUT2D eigenvalue weighted by molar-refractivity contribution is 9.10. The molecule has 32 heavy (non-hydrogen) atoms. The Morgan fingerprint density at radius 3 is 2.53 bits per heavy atom. The smallest absolute Gasteiger partial charge is 0.342 e. The lowest BCUT2D eigenvalue weighted by Gasteiger charge is -2.33. The van der Waals surface area contributed by atoms with Crippen LogP contribution in [0.1, 0.15) is 30.0 Å². The summed E-state index contributed by atoms with van der Waals surface area (Å²) in [5.41, 5.74) is 2.18. The van der Waals surface area contributed by atoms with E-state index < -0.39 is 11.9 Å². The molecule has 1 aromatic heterocycles. The number of ether oxygens (including phenoxy) is 2. The van der Waals surface area contributed by atoms with Gasteiger partial charge in [-0.1, -0.05) is 18.2 Å². The van der Waals surface area contributed by atoms with Crippen molar-refractivity contribution in [2.75, 3.05) is 37.7 Å². The SMILES string of the molecule is CCOC(=O)c1c(C[NH+]2CCN(c3ccccc3)CC2)oc2cc(Br)c(OC(C)=O)cc12. The van der Waals surface area contributed by atoms with Crippen LogP contribution in [0.3, 0.4) is 0 Å². The minimum Gasteiger partial charge on any atom is -0.462 e. The van der Waals surface area contributed by atoms with E-state index in [4.69, 9.17) is 13.9 Å². The van der Waals surface area contributed by atoms with Gasteiger partial charge < -0.3 is 23.7 Å². The Balaban J connectivity index is 1.59. The minimum atomic E-state index is -0.438. The van der Waals surface area contributed by atoms with Crippen LogP contribution in [0, 0.1) is 0 Å². The second-order valence-corrected chi connectivity index (χ2v) is 8.60. The Morgan fingerprint density at radius 1 is 1.16 bits per heavy atom. The van der Waals surface area contributed by atoms with E-state index >= 15 is 0 Å². The predicted molar refractivity (Wildman–Crippen MR) is 124 cm³/mol. The first-order valence-electron chi connectivity index (χ1n) is 10.7. The van der Waals surface area contributed by atoms with E-state index in [1.165, 1.54) is 17.5 Å². The van der Waals surface area contributed by atoms with Gasteiger partial charge in [0.15, 0.2) is 5.76 Å². The summed E-state index contributed by atoms with van der Waals surface area (Å²) in [6.07, 6.45) is 0. The van der Waals surface area contributed by atoms with E-state index in [9.17, 15) is 9.59 Å². The van der Waals surface area contributed by atoms with Gasteiger partial charge >= 0.3 is 11.9 Å². The first-order valence-corrected chi connectivity index (χ1v) is 11.5.